The highest BCUT2D eigenvalue weighted by Gasteiger charge is 2.06. The predicted octanol–water partition coefficient (Wildman–Crippen LogP) is 1.80. The molecule has 0 heterocycles. The number of halogens is 1. The van der Waals surface area contributed by atoms with Gasteiger partial charge in [0.1, 0.15) is 6.61 Å². The summed E-state index contributed by atoms with van der Waals surface area (Å²) in [7, 11) is 0. The van der Waals surface area contributed by atoms with Gasteiger partial charge in [-0.05, 0) is 17.7 Å². The molecule has 3 nitrogen and oxygen atoms in total. The van der Waals surface area contributed by atoms with Gasteiger partial charge in [-0.1, -0.05) is 18.7 Å². The van der Waals surface area contributed by atoms with Gasteiger partial charge in [0.15, 0.2) is 11.6 Å². The molecule has 0 bridgehead atoms. The Balaban J connectivity index is 2.60. The lowest BCUT2D eigenvalue weighted by atomic mass is 10.1. The number of esters is 1. The number of hydrogen-bond acceptors (Lipinski definition) is 3. The van der Waals surface area contributed by atoms with E-state index in [-0.39, 0.29) is 13.0 Å². The van der Waals surface area contributed by atoms with Crippen molar-refractivity contribution in [3.8, 4) is 5.75 Å². The zero-order chi connectivity index (χ0) is 11.3. The number of aromatic hydroxyl groups is 1. The van der Waals surface area contributed by atoms with Crippen LogP contribution in [-0.4, -0.2) is 17.7 Å². The molecule has 1 aromatic rings. The fourth-order valence-electron chi connectivity index (χ4n) is 1.03. The number of carbonyl (C=O) groups excluding carboxylic acids is 1. The van der Waals surface area contributed by atoms with Gasteiger partial charge in [0, 0.05) is 0 Å². The third kappa shape index (κ3) is 3.42. The average Bonchev–Trinajstić information content (AvgIpc) is 2.20. The van der Waals surface area contributed by atoms with Crippen molar-refractivity contribution >= 4 is 5.97 Å². The van der Waals surface area contributed by atoms with Crippen molar-refractivity contribution in [2.45, 2.75) is 6.42 Å². The van der Waals surface area contributed by atoms with Gasteiger partial charge in [0.25, 0.3) is 0 Å². The number of benzene rings is 1. The Morgan fingerprint density at radius 3 is 2.93 bits per heavy atom. The number of carbonyl (C=O) groups is 1. The number of rotatable bonds is 4. The van der Waals surface area contributed by atoms with Crippen LogP contribution in [0.15, 0.2) is 30.9 Å². The van der Waals surface area contributed by atoms with Crippen molar-refractivity contribution in [2.75, 3.05) is 6.61 Å². The molecule has 0 spiro atoms. The van der Waals surface area contributed by atoms with Crippen LogP contribution in [0.5, 0.6) is 5.75 Å². The third-order valence-electron chi connectivity index (χ3n) is 1.72. The predicted molar refractivity (Wildman–Crippen MR) is 52.9 cm³/mol. The number of ether oxygens (including phenoxy) is 1. The summed E-state index contributed by atoms with van der Waals surface area (Å²) >= 11 is 0. The summed E-state index contributed by atoms with van der Waals surface area (Å²) in [5.41, 5.74) is 0.458. The maximum absolute atomic E-state index is 12.9. The quantitative estimate of drug-likeness (QED) is 0.609. The Morgan fingerprint density at radius 1 is 1.60 bits per heavy atom. The number of phenols is 1. The van der Waals surface area contributed by atoms with Gasteiger partial charge in [0.2, 0.25) is 0 Å². The molecular weight excluding hydrogens is 199 g/mol. The maximum Gasteiger partial charge on any atom is 0.310 e. The molecule has 0 saturated carbocycles. The highest BCUT2D eigenvalue weighted by atomic mass is 19.1. The Labute approximate surface area is 86.8 Å². The second kappa shape index (κ2) is 5.14. The largest absolute Gasteiger partial charge is 0.505 e. The first-order valence-electron chi connectivity index (χ1n) is 4.37. The van der Waals surface area contributed by atoms with Crippen LogP contribution in [-0.2, 0) is 16.0 Å². The zero-order valence-electron chi connectivity index (χ0n) is 8.07. The Bertz CT molecular complexity index is 374. The van der Waals surface area contributed by atoms with Crippen LogP contribution in [0.3, 0.4) is 0 Å². The first-order chi connectivity index (χ1) is 7.13. The second-order valence-corrected chi connectivity index (χ2v) is 2.93. The first-order valence-corrected chi connectivity index (χ1v) is 4.37. The van der Waals surface area contributed by atoms with Crippen LogP contribution in [0, 0.1) is 5.82 Å². The van der Waals surface area contributed by atoms with Crippen LogP contribution in [0.1, 0.15) is 5.56 Å². The third-order valence-corrected chi connectivity index (χ3v) is 1.72. The van der Waals surface area contributed by atoms with Gasteiger partial charge in [-0.25, -0.2) is 4.39 Å². The van der Waals surface area contributed by atoms with E-state index in [4.69, 9.17) is 9.84 Å². The maximum atomic E-state index is 12.9. The normalized spacial score (nSPS) is 9.67. The fraction of sp³-hybridized carbons (Fsp3) is 0.182. The molecule has 0 amide bonds. The highest BCUT2D eigenvalue weighted by Crippen LogP contribution is 2.16. The first kappa shape index (κ1) is 11.2. The Morgan fingerprint density at radius 2 is 2.33 bits per heavy atom. The molecule has 1 N–H and O–H groups in total. The molecular formula is C11H11FO3. The lowest BCUT2D eigenvalue weighted by Crippen LogP contribution is -2.07. The summed E-state index contributed by atoms with van der Waals surface area (Å²) in [6.45, 7) is 3.53. The summed E-state index contributed by atoms with van der Waals surface area (Å²) in [5.74, 6) is -1.64. The second-order valence-electron chi connectivity index (χ2n) is 2.93. The van der Waals surface area contributed by atoms with E-state index in [1.165, 1.54) is 18.2 Å². The van der Waals surface area contributed by atoms with Crippen molar-refractivity contribution in [3.05, 3.63) is 42.2 Å². The van der Waals surface area contributed by atoms with Gasteiger partial charge in [0.05, 0.1) is 6.42 Å². The van der Waals surface area contributed by atoms with E-state index in [1.807, 2.05) is 0 Å². The van der Waals surface area contributed by atoms with Crippen molar-refractivity contribution in [3.63, 3.8) is 0 Å². The van der Waals surface area contributed by atoms with Crippen LogP contribution in [0.25, 0.3) is 0 Å². The Kier molecular flexibility index (Phi) is 3.85. The van der Waals surface area contributed by atoms with Gasteiger partial charge < -0.3 is 9.84 Å². The average molecular weight is 210 g/mol. The van der Waals surface area contributed by atoms with E-state index in [2.05, 4.69) is 6.58 Å². The monoisotopic (exact) mass is 210 g/mol. The summed E-state index contributed by atoms with van der Waals surface area (Å²) in [6, 6.07) is 3.77. The van der Waals surface area contributed by atoms with Crippen molar-refractivity contribution < 1.29 is 19.0 Å². The summed E-state index contributed by atoms with van der Waals surface area (Å²) in [5, 5.41) is 8.91. The molecule has 0 aliphatic carbocycles. The summed E-state index contributed by atoms with van der Waals surface area (Å²) in [4.78, 5) is 11.1. The minimum absolute atomic E-state index is 0.0228. The lowest BCUT2D eigenvalue weighted by molar-refractivity contribution is -0.141. The standard InChI is InChI=1S/C11H11FO3/c1-2-5-15-11(14)7-8-3-4-10(13)9(12)6-8/h2-4,6,13H,1,5,7H2. The van der Waals surface area contributed by atoms with E-state index < -0.39 is 17.5 Å². The summed E-state index contributed by atoms with van der Waals surface area (Å²) < 4.78 is 17.6. The molecule has 0 saturated heterocycles. The zero-order valence-corrected chi connectivity index (χ0v) is 8.07. The Hall–Kier alpha value is -1.84. The molecule has 4 heteroatoms. The van der Waals surface area contributed by atoms with Gasteiger partial charge in [-0.15, -0.1) is 0 Å². The number of phenolic OH excluding ortho intramolecular Hbond substituents is 1. The van der Waals surface area contributed by atoms with Gasteiger partial charge >= 0.3 is 5.97 Å². The van der Waals surface area contributed by atoms with E-state index in [0.29, 0.717) is 5.56 Å². The van der Waals surface area contributed by atoms with E-state index >= 15 is 0 Å². The lowest BCUT2D eigenvalue weighted by Gasteiger charge is -2.02. The SMILES string of the molecule is C=CCOC(=O)Cc1ccc(O)c(F)c1. The minimum atomic E-state index is -0.746. The topological polar surface area (TPSA) is 46.5 Å². The smallest absolute Gasteiger partial charge is 0.310 e. The van der Waals surface area contributed by atoms with Crippen LogP contribution >= 0.6 is 0 Å². The van der Waals surface area contributed by atoms with Crippen molar-refractivity contribution in [2.24, 2.45) is 0 Å². The molecule has 0 aliphatic heterocycles. The van der Waals surface area contributed by atoms with Crippen molar-refractivity contribution in [1.82, 2.24) is 0 Å². The minimum Gasteiger partial charge on any atom is -0.505 e. The molecule has 1 aromatic carbocycles. The molecule has 0 atom stereocenters. The molecule has 0 aliphatic rings. The molecule has 1 rings (SSSR count). The van der Waals surface area contributed by atoms with Crippen LogP contribution in [0.2, 0.25) is 0 Å². The molecule has 80 valence electrons. The molecule has 15 heavy (non-hydrogen) atoms. The number of hydrogen-bond donors (Lipinski definition) is 1. The van der Waals surface area contributed by atoms with E-state index in [9.17, 15) is 9.18 Å². The molecule has 0 aromatic heterocycles. The van der Waals surface area contributed by atoms with Gasteiger partial charge in [-0.2, -0.15) is 0 Å². The van der Waals surface area contributed by atoms with Crippen LogP contribution < -0.4 is 0 Å². The van der Waals surface area contributed by atoms with E-state index in [1.54, 1.807) is 0 Å². The van der Waals surface area contributed by atoms with Crippen molar-refractivity contribution in [1.29, 1.82) is 0 Å². The summed E-state index contributed by atoms with van der Waals surface area (Å²) in [6.07, 6.45) is 1.43. The van der Waals surface area contributed by atoms with Gasteiger partial charge in [-0.3, -0.25) is 4.79 Å². The molecule has 0 radical (unpaired) electrons. The molecule has 0 unspecified atom stereocenters. The highest BCUT2D eigenvalue weighted by molar-refractivity contribution is 5.72. The molecule has 0 fully saturated rings. The fourth-order valence-corrected chi connectivity index (χ4v) is 1.03. The van der Waals surface area contributed by atoms with Crippen LogP contribution in [0.4, 0.5) is 4.39 Å². The van der Waals surface area contributed by atoms with E-state index in [0.717, 1.165) is 6.07 Å².